The molecule has 0 radical (unpaired) electrons. The van der Waals surface area contributed by atoms with Crippen LogP contribution in [0.15, 0.2) is 30.5 Å². The van der Waals surface area contributed by atoms with Gasteiger partial charge in [-0.05, 0) is 37.8 Å². The minimum atomic E-state index is -0.656. The maximum absolute atomic E-state index is 12.3. The van der Waals surface area contributed by atoms with Crippen LogP contribution in [0.3, 0.4) is 0 Å². The Labute approximate surface area is 157 Å². The summed E-state index contributed by atoms with van der Waals surface area (Å²) in [5.41, 5.74) is 7.62. The number of nitriles is 1. The standard InChI is InChI=1S/C19H22N6O2/c20-11-13-5-4-10-25(13)19(27)14(21)6-3-9-22-18(26)17-12-23-15-7-1-2-8-16(15)24-17/h1-2,7-8,12-14H,3-6,9-10,21H2,(H,22,26)/t13-,14?/m0/s1. The minimum Gasteiger partial charge on any atom is -0.351 e. The lowest BCUT2D eigenvalue weighted by Crippen LogP contribution is -2.45. The first-order chi connectivity index (χ1) is 13.1. The van der Waals surface area contributed by atoms with Crippen molar-refractivity contribution in [1.82, 2.24) is 20.2 Å². The van der Waals surface area contributed by atoms with Crippen LogP contribution in [0.4, 0.5) is 0 Å². The highest BCUT2D eigenvalue weighted by Crippen LogP contribution is 2.18. The molecule has 140 valence electrons. The smallest absolute Gasteiger partial charge is 0.271 e. The van der Waals surface area contributed by atoms with Crippen molar-refractivity contribution in [3.05, 3.63) is 36.2 Å². The number of nitrogens with two attached hydrogens (primary N) is 1. The predicted octanol–water partition coefficient (Wildman–Crippen LogP) is 0.982. The van der Waals surface area contributed by atoms with Crippen LogP contribution >= 0.6 is 0 Å². The van der Waals surface area contributed by atoms with E-state index in [-0.39, 0.29) is 23.6 Å². The number of fused-ring (bicyclic) bond motifs is 1. The molecule has 1 aromatic heterocycles. The third kappa shape index (κ3) is 4.38. The molecule has 3 rings (SSSR count). The van der Waals surface area contributed by atoms with Gasteiger partial charge in [0, 0.05) is 13.1 Å². The van der Waals surface area contributed by atoms with Gasteiger partial charge >= 0.3 is 0 Å². The first kappa shape index (κ1) is 18.7. The number of amides is 2. The lowest BCUT2D eigenvalue weighted by molar-refractivity contribution is -0.132. The van der Waals surface area contributed by atoms with Gasteiger partial charge in [0.25, 0.3) is 5.91 Å². The van der Waals surface area contributed by atoms with Crippen LogP contribution in [0.5, 0.6) is 0 Å². The summed E-state index contributed by atoms with van der Waals surface area (Å²) >= 11 is 0. The van der Waals surface area contributed by atoms with Gasteiger partial charge in [-0.2, -0.15) is 5.26 Å². The summed E-state index contributed by atoms with van der Waals surface area (Å²) in [4.78, 5) is 34.6. The summed E-state index contributed by atoms with van der Waals surface area (Å²) in [5.74, 6) is -0.497. The first-order valence-corrected chi connectivity index (χ1v) is 9.06. The maximum Gasteiger partial charge on any atom is 0.271 e. The second-order valence-electron chi connectivity index (χ2n) is 6.57. The van der Waals surface area contributed by atoms with Crippen LogP contribution in [-0.4, -0.2) is 51.9 Å². The number of likely N-dealkylation sites (tertiary alicyclic amines) is 1. The summed E-state index contributed by atoms with van der Waals surface area (Å²) in [6.45, 7) is 0.970. The van der Waals surface area contributed by atoms with Gasteiger partial charge in [-0.15, -0.1) is 0 Å². The molecule has 0 bridgehead atoms. The van der Waals surface area contributed by atoms with Crippen LogP contribution in [0.2, 0.25) is 0 Å². The molecule has 8 heteroatoms. The molecule has 0 spiro atoms. The number of rotatable bonds is 6. The van der Waals surface area contributed by atoms with Crippen LogP contribution < -0.4 is 11.1 Å². The number of benzene rings is 1. The second kappa shape index (κ2) is 8.56. The number of nitrogens with zero attached hydrogens (tertiary/aromatic N) is 4. The van der Waals surface area contributed by atoms with Crippen molar-refractivity contribution in [2.45, 2.75) is 37.8 Å². The van der Waals surface area contributed by atoms with Gasteiger partial charge in [0.05, 0.1) is 29.3 Å². The summed E-state index contributed by atoms with van der Waals surface area (Å²) in [5, 5.41) is 11.8. The Morgan fingerprint density at radius 2 is 2.15 bits per heavy atom. The largest absolute Gasteiger partial charge is 0.351 e. The van der Waals surface area contributed by atoms with Crippen molar-refractivity contribution in [1.29, 1.82) is 5.26 Å². The van der Waals surface area contributed by atoms with Gasteiger partial charge in [0.1, 0.15) is 11.7 Å². The Kier molecular flexibility index (Phi) is 5.94. The Bertz CT molecular complexity index is 878. The van der Waals surface area contributed by atoms with Crippen molar-refractivity contribution < 1.29 is 9.59 Å². The van der Waals surface area contributed by atoms with E-state index < -0.39 is 6.04 Å². The topological polar surface area (TPSA) is 125 Å². The predicted molar refractivity (Wildman–Crippen MR) is 99.4 cm³/mol. The summed E-state index contributed by atoms with van der Waals surface area (Å²) < 4.78 is 0. The van der Waals surface area contributed by atoms with Gasteiger partial charge in [-0.1, -0.05) is 12.1 Å². The Balaban J connectivity index is 1.45. The number of hydrogen-bond acceptors (Lipinski definition) is 6. The van der Waals surface area contributed by atoms with Crippen molar-refractivity contribution in [3.63, 3.8) is 0 Å². The highest BCUT2D eigenvalue weighted by Gasteiger charge is 2.31. The van der Waals surface area contributed by atoms with Gasteiger partial charge in [-0.25, -0.2) is 4.98 Å². The zero-order chi connectivity index (χ0) is 19.2. The molecule has 0 aliphatic carbocycles. The van der Waals surface area contributed by atoms with E-state index in [0.717, 1.165) is 11.9 Å². The number of hydrogen-bond donors (Lipinski definition) is 2. The molecule has 3 N–H and O–H groups in total. The zero-order valence-corrected chi connectivity index (χ0v) is 15.0. The van der Waals surface area contributed by atoms with Crippen LogP contribution in [-0.2, 0) is 4.79 Å². The molecule has 1 aromatic carbocycles. The lowest BCUT2D eigenvalue weighted by atomic mass is 10.1. The summed E-state index contributed by atoms with van der Waals surface area (Å²) in [6.07, 6.45) is 3.99. The molecule has 1 unspecified atom stereocenters. The Morgan fingerprint density at radius 3 is 2.93 bits per heavy atom. The fourth-order valence-electron chi connectivity index (χ4n) is 3.18. The normalized spacial score (nSPS) is 17.5. The van der Waals surface area contributed by atoms with Crippen molar-refractivity contribution in [2.75, 3.05) is 13.1 Å². The fraction of sp³-hybridized carbons (Fsp3) is 0.421. The number of nitrogens with one attached hydrogen (secondary N) is 1. The van der Waals surface area contributed by atoms with Gasteiger partial charge in [0.15, 0.2) is 0 Å². The summed E-state index contributed by atoms with van der Waals surface area (Å²) in [7, 11) is 0. The van der Waals surface area contributed by atoms with E-state index in [4.69, 9.17) is 11.0 Å². The van der Waals surface area contributed by atoms with Crippen molar-refractivity contribution >= 4 is 22.8 Å². The van der Waals surface area contributed by atoms with E-state index in [2.05, 4.69) is 21.4 Å². The van der Waals surface area contributed by atoms with Crippen molar-refractivity contribution in [2.24, 2.45) is 5.73 Å². The van der Waals surface area contributed by atoms with E-state index >= 15 is 0 Å². The highest BCUT2D eigenvalue weighted by atomic mass is 16.2. The average molecular weight is 366 g/mol. The van der Waals surface area contributed by atoms with Gasteiger partial charge < -0.3 is 16.0 Å². The maximum atomic E-state index is 12.3. The first-order valence-electron chi connectivity index (χ1n) is 9.06. The monoisotopic (exact) mass is 366 g/mol. The van der Waals surface area contributed by atoms with E-state index in [1.54, 1.807) is 11.0 Å². The molecule has 1 saturated heterocycles. The molecule has 8 nitrogen and oxygen atoms in total. The Hall–Kier alpha value is -3.05. The zero-order valence-electron chi connectivity index (χ0n) is 15.0. The molecule has 2 atom stereocenters. The molecule has 1 aliphatic rings. The molecular weight excluding hydrogens is 344 g/mol. The molecule has 1 fully saturated rings. The lowest BCUT2D eigenvalue weighted by Gasteiger charge is -2.23. The highest BCUT2D eigenvalue weighted by molar-refractivity contribution is 5.93. The van der Waals surface area contributed by atoms with Crippen LogP contribution in [0, 0.1) is 11.3 Å². The Morgan fingerprint density at radius 1 is 1.37 bits per heavy atom. The van der Waals surface area contributed by atoms with E-state index in [0.29, 0.717) is 37.9 Å². The third-order valence-electron chi connectivity index (χ3n) is 4.66. The number of carbonyl (C=O) groups is 2. The molecule has 1 aliphatic heterocycles. The minimum absolute atomic E-state index is 0.189. The van der Waals surface area contributed by atoms with E-state index in [9.17, 15) is 9.59 Å². The van der Waals surface area contributed by atoms with Gasteiger partial charge in [-0.3, -0.25) is 14.6 Å². The molecule has 2 heterocycles. The number of para-hydroxylation sites is 2. The molecular formula is C19H22N6O2. The van der Waals surface area contributed by atoms with E-state index in [1.807, 2.05) is 18.2 Å². The molecule has 27 heavy (non-hydrogen) atoms. The average Bonchev–Trinajstić information content (AvgIpc) is 3.18. The van der Waals surface area contributed by atoms with Gasteiger partial charge in [0.2, 0.25) is 5.91 Å². The fourth-order valence-corrected chi connectivity index (χ4v) is 3.18. The molecule has 2 aromatic rings. The number of carbonyl (C=O) groups excluding carboxylic acids is 2. The number of aromatic nitrogens is 2. The second-order valence-corrected chi connectivity index (χ2v) is 6.57. The van der Waals surface area contributed by atoms with Crippen molar-refractivity contribution in [3.8, 4) is 6.07 Å². The molecule has 2 amide bonds. The SMILES string of the molecule is N#C[C@@H]1CCCN1C(=O)C(N)CCCNC(=O)c1cnc2ccccc2n1. The third-order valence-corrected chi connectivity index (χ3v) is 4.66. The quantitative estimate of drug-likeness (QED) is 0.734. The van der Waals surface area contributed by atoms with Crippen LogP contribution in [0.25, 0.3) is 11.0 Å². The van der Waals surface area contributed by atoms with E-state index in [1.165, 1.54) is 6.20 Å². The van der Waals surface area contributed by atoms with Crippen LogP contribution in [0.1, 0.15) is 36.2 Å². The summed E-state index contributed by atoms with van der Waals surface area (Å²) in [6, 6.07) is 8.46. The molecule has 0 saturated carbocycles.